The van der Waals surface area contributed by atoms with Gasteiger partial charge in [0, 0.05) is 15.8 Å². The molecule has 0 saturated carbocycles. The van der Waals surface area contributed by atoms with E-state index >= 15 is 0 Å². The Balaban J connectivity index is 0.000000362. The van der Waals surface area contributed by atoms with E-state index in [0.717, 1.165) is 0 Å². The second-order valence-corrected chi connectivity index (χ2v) is 6.60. The van der Waals surface area contributed by atoms with Gasteiger partial charge in [0.25, 0.3) is 0 Å². The molecule has 1 aromatic rings. The fourth-order valence-electron chi connectivity index (χ4n) is 1.49. The van der Waals surface area contributed by atoms with E-state index in [1.54, 1.807) is 12.4 Å². The summed E-state index contributed by atoms with van der Waals surface area (Å²) in [7, 11) is 0. The number of hydrogen-bond acceptors (Lipinski definition) is 2. The molecule has 1 rings (SSSR count). The van der Waals surface area contributed by atoms with E-state index < -0.39 is 0 Å². The van der Waals surface area contributed by atoms with Crippen LogP contribution < -0.4 is 0 Å². The Morgan fingerprint density at radius 2 is 1.26 bits per heavy atom. The van der Waals surface area contributed by atoms with Gasteiger partial charge in [0.15, 0.2) is 0 Å². The molecule has 1 aromatic heterocycles. The Morgan fingerprint density at radius 3 is 1.37 bits per heavy atom. The molecule has 108 valence electrons. The van der Waals surface area contributed by atoms with Gasteiger partial charge in [-0.05, 0) is 50.2 Å². The van der Waals surface area contributed by atoms with Crippen LogP contribution in [-0.2, 0) is 0 Å². The monoisotopic (exact) mass is 279 g/mol. The summed E-state index contributed by atoms with van der Waals surface area (Å²) in [4.78, 5) is 4.96. The maximum Gasteiger partial charge on any atom is 0.0273 e. The minimum Gasteiger partial charge on any atom is -0.353 e. The second-order valence-electron chi connectivity index (χ2n) is 5.46. The Labute approximate surface area is 123 Å². The van der Waals surface area contributed by atoms with E-state index in [9.17, 15) is 0 Å². The van der Waals surface area contributed by atoms with Crippen molar-refractivity contribution in [2.75, 3.05) is 0 Å². The van der Waals surface area contributed by atoms with Gasteiger partial charge in [0.1, 0.15) is 0 Å². The summed E-state index contributed by atoms with van der Waals surface area (Å²) in [6, 6.07) is 4.99. The van der Waals surface area contributed by atoms with Crippen LogP contribution in [0.2, 0.25) is 0 Å². The van der Waals surface area contributed by atoms with E-state index in [-0.39, 0.29) is 0 Å². The van der Waals surface area contributed by atoms with Crippen LogP contribution in [-0.4, -0.2) is 10.9 Å². The zero-order valence-electron chi connectivity index (χ0n) is 13.3. The van der Waals surface area contributed by atoms with E-state index in [0.29, 0.717) is 17.9 Å². The maximum atomic E-state index is 3.61. The van der Waals surface area contributed by atoms with Crippen LogP contribution in [0, 0.1) is 0 Å². The van der Waals surface area contributed by atoms with Gasteiger partial charge in [-0.2, -0.15) is 0 Å². The summed E-state index contributed by atoms with van der Waals surface area (Å²) in [6.07, 6.45) is 3.52. The van der Waals surface area contributed by atoms with Crippen LogP contribution in [0.5, 0.6) is 0 Å². The van der Waals surface area contributed by atoms with Crippen molar-refractivity contribution in [2.45, 2.75) is 59.4 Å². The largest absolute Gasteiger partial charge is 0.353 e. The molecule has 0 saturated heterocycles. The van der Waals surface area contributed by atoms with Crippen molar-refractivity contribution in [1.29, 1.82) is 0 Å². The first-order valence-electron chi connectivity index (χ1n) is 6.95. The third kappa shape index (κ3) is 6.63. The molecular formula is C17H29NS. The third-order valence-corrected chi connectivity index (χ3v) is 4.49. The van der Waals surface area contributed by atoms with Gasteiger partial charge < -0.3 is 4.90 Å². The van der Waals surface area contributed by atoms with Crippen LogP contribution >= 0.6 is 11.3 Å². The van der Waals surface area contributed by atoms with Gasteiger partial charge in [-0.15, -0.1) is 11.3 Å². The first kappa shape index (κ1) is 18.0. The van der Waals surface area contributed by atoms with Crippen LogP contribution in [0.15, 0.2) is 37.7 Å². The van der Waals surface area contributed by atoms with Crippen molar-refractivity contribution in [2.24, 2.45) is 0 Å². The molecule has 19 heavy (non-hydrogen) atoms. The van der Waals surface area contributed by atoms with Crippen LogP contribution in [0.4, 0.5) is 0 Å². The standard InChI is InChI=1S/C10H16S.C7H13N/c1-7(2)9-5-6-10(11-9)8(3)4;1-5-8(6-2)7(3)4/h5-8H,1-4H3;5-7H,1-2H2,3-4H3. The summed E-state index contributed by atoms with van der Waals surface area (Å²) in [5.74, 6) is 1.37. The zero-order chi connectivity index (χ0) is 15.0. The molecule has 0 fully saturated rings. The number of hydrogen-bond donors (Lipinski definition) is 0. The SMILES string of the molecule is C=CN(C=C)C(C)C.CC(C)c1ccc(C(C)C)s1. The van der Waals surface area contributed by atoms with Crippen molar-refractivity contribution in [1.82, 2.24) is 4.90 Å². The fourth-order valence-corrected chi connectivity index (χ4v) is 2.50. The van der Waals surface area contributed by atoms with E-state index in [1.165, 1.54) is 9.75 Å². The van der Waals surface area contributed by atoms with E-state index in [4.69, 9.17) is 0 Å². The average molecular weight is 279 g/mol. The van der Waals surface area contributed by atoms with Gasteiger partial charge in [-0.3, -0.25) is 0 Å². The van der Waals surface area contributed by atoms with Gasteiger partial charge in [0.2, 0.25) is 0 Å². The maximum absolute atomic E-state index is 3.61. The molecule has 0 amide bonds. The zero-order valence-corrected chi connectivity index (χ0v) is 14.1. The first-order valence-corrected chi connectivity index (χ1v) is 7.77. The normalized spacial score (nSPS) is 10.4. The molecule has 0 aromatic carbocycles. The minimum atomic E-state index is 0.477. The van der Waals surface area contributed by atoms with Crippen molar-refractivity contribution in [3.63, 3.8) is 0 Å². The number of nitrogens with zero attached hydrogens (tertiary/aromatic N) is 1. The number of thiophene rings is 1. The predicted octanol–water partition coefficient (Wildman–Crippen LogP) is 5.98. The lowest BCUT2D eigenvalue weighted by Crippen LogP contribution is -2.17. The Hall–Kier alpha value is -1.02. The summed E-state index contributed by atoms with van der Waals surface area (Å²) in [5.41, 5.74) is 0. The van der Waals surface area contributed by atoms with E-state index in [1.807, 2.05) is 16.2 Å². The Kier molecular flexibility index (Phi) is 8.49. The van der Waals surface area contributed by atoms with Crippen molar-refractivity contribution in [3.8, 4) is 0 Å². The molecule has 0 aliphatic heterocycles. The van der Waals surface area contributed by atoms with Crippen molar-refractivity contribution < 1.29 is 0 Å². The lowest BCUT2D eigenvalue weighted by molar-refractivity contribution is 0.419. The molecule has 0 spiro atoms. The quantitative estimate of drug-likeness (QED) is 0.641. The fraction of sp³-hybridized carbons (Fsp3) is 0.529. The van der Waals surface area contributed by atoms with Crippen LogP contribution in [0.25, 0.3) is 0 Å². The highest BCUT2D eigenvalue weighted by Gasteiger charge is 2.05. The Bertz CT molecular complexity index is 344. The van der Waals surface area contributed by atoms with Crippen molar-refractivity contribution in [3.05, 3.63) is 47.4 Å². The molecule has 0 N–H and O–H groups in total. The lowest BCUT2D eigenvalue weighted by atomic mass is 10.1. The van der Waals surface area contributed by atoms with Crippen LogP contribution in [0.1, 0.15) is 63.1 Å². The smallest absolute Gasteiger partial charge is 0.0273 e. The average Bonchev–Trinajstić information content (AvgIpc) is 2.80. The van der Waals surface area contributed by atoms with Gasteiger partial charge >= 0.3 is 0 Å². The second kappa shape index (κ2) is 8.98. The highest BCUT2D eigenvalue weighted by Crippen LogP contribution is 2.28. The summed E-state index contributed by atoms with van der Waals surface area (Å²) in [6.45, 7) is 20.4. The molecule has 0 unspecified atom stereocenters. The summed E-state index contributed by atoms with van der Waals surface area (Å²) < 4.78 is 0. The van der Waals surface area contributed by atoms with Crippen molar-refractivity contribution >= 4 is 11.3 Å². The molecule has 0 radical (unpaired) electrons. The number of rotatable bonds is 5. The molecule has 2 heteroatoms. The minimum absolute atomic E-state index is 0.477. The molecule has 0 atom stereocenters. The summed E-state index contributed by atoms with van der Waals surface area (Å²) in [5, 5.41) is 0. The molecule has 1 nitrogen and oxygen atoms in total. The van der Waals surface area contributed by atoms with Crippen LogP contribution in [0.3, 0.4) is 0 Å². The predicted molar refractivity (Wildman–Crippen MR) is 89.9 cm³/mol. The third-order valence-electron chi connectivity index (χ3n) is 2.80. The molecular weight excluding hydrogens is 250 g/mol. The first-order chi connectivity index (χ1) is 8.83. The van der Waals surface area contributed by atoms with E-state index in [2.05, 4.69) is 66.8 Å². The molecule has 1 heterocycles. The highest BCUT2D eigenvalue weighted by atomic mass is 32.1. The lowest BCUT2D eigenvalue weighted by Gasteiger charge is -2.18. The molecule has 0 bridgehead atoms. The highest BCUT2D eigenvalue weighted by molar-refractivity contribution is 7.12. The van der Waals surface area contributed by atoms with Gasteiger partial charge in [-0.1, -0.05) is 40.9 Å². The van der Waals surface area contributed by atoms with Gasteiger partial charge in [0.05, 0.1) is 0 Å². The summed E-state index contributed by atoms with van der Waals surface area (Å²) >= 11 is 1.95. The topological polar surface area (TPSA) is 3.24 Å². The molecule has 0 aliphatic rings. The Morgan fingerprint density at radius 1 is 0.895 bits per heavy atom. The van der Waals surface area contributed by atoms with Gasteiger partial charge in [-0.25, -0.2) is 0 Å². The molecule has 0 aliphatic carbocycles.